The zero-order chi connectivity index (χ0) is 39.3. The van der Waals surface area contributed by atoms with E-state index in [1.54, 1.807) is 0 Å². The highest BCUT2D eigenvalue weighted by Crippen LogP contribution is 2.44. The first-order valence-electron chi connectivity index (χ1n) is 20.3. The Balaban J connectivity index is 1.01. The Kier molecular flexibility index (Phi) is 6.95. The van der Waals surface area contributed by atoms with Gasteiger partial charge in [-0.1, -0.05) is 109 Å². The molecular formula is C55H33N3O2. The normalized spacial score (nSPS) is 12.0. The van der Waals surface area contributed by atoms with E-state index in [9.17, 15) is 0 Å². The van der Waals surface area contributed by atoms with Crippen LogP contribution in [-0.4, -0.2) is 9.55 Å². The number of nitrogens with zero attached hydrogens (tertiary/aromatic N) is 3. The van der Waals surface area contributed by atoms with Crippen molar-refractivity contribution in [3.05, 3.63) is 200 Å². The van der Waals surface area contributed by atoms with Gasteiger partial charge in [0.15, 0.2) is 0 Å². The Morgan fingerprint density at radius 1 is 0.383 bits per heavy atom. The number of fused-ring (bicyclic) bond motifs is 13. The molecule has 0 aliphatic heterocycles. The van der Waals surface area contributed by atoms with E-state index in [1.807, 2.05) is 24.3 Å². The van der Waals surface area contributed by atoms with Crippen molar-refractivity contribution in [1.82, 2.24) is 9.55 Å². The lowest BCUT2D eigenvalue weighted by molar-refractivity contribution is 0.669. The Labute approximate surface area is 343 Å². The summed E-state index contributed by atoms with van der Waals surface area (Å²) in [6, 6.07) is 70.7. The molecule has 0 aliphatic rings. The number of rotatable bonds is 5. The molecule has 0 amide bonds. The summed E-state index contributed by atoms with van der Waals surface area (Å²) in [4.78, 5) is 7.63. The number of aromatic nitrogens is 2. The van der Waals surface area contributed by atoms with E-state index in [-0.39, 0.29) is 0 Å². The minimum atomic E-state index is 0.848. The van der Waals surface area contributed by atoms with E-state index >= 15 is 0 Å². The van der Waals surface area contributed by atoms with E-state index in [1.165, 1.54) is 16.3 Å². The van der Waals surface area contributed by atoms with Gasteiger partial charge in [-0.3, -0.25) is 0 Å². The number of pyridine rings is 1. The van der Waals surface area contributed by atoms with Crippen molar-refractivity contribution < 1.29 is 8.83 Å². The van der Waals surface area contributed by atoms with Gasteiger partial charge in [-0.05, 0) is 84.9 Å². The summed E-state index contributed by atoms with van der Waals surface area (Å²) >= 11 is 0. The van der Waals surface area contributed by atoms with Gasteiger partial charge in [-0.15, -0.1) is 0 Å². The fraction of sp³-hybridized carbons (Fsp3) is 0. The average Bonchev–Trinajstić information content (AvgIpc) is 3.98. The van der Waals surface area contributed by atoms with Crippen molar-refractivity contribution in [1.29, 1.82) is 0 Å². The third-order valence-corrected chi connectivity index (χ3v) is 12.2. The summed E-state index contributed by atoms with van der Waals surface area (Å²) in [6.45, 7) is 0. The molecule has 0 bridgehead atoms. The van der Waals surface area contributed by atoms with Crippen LogP contribution < -0.4 is 4.90 Å². The molecule has 0 unspecified atom stereocenters. The van der Waals surface area contributed by atoms with Crippen molar-refractivity contribution in [2.45, 2.75) is 0 Å². The zero-order valence-electron chi connectivity index (χ0n) is 32.2. The van der Waals surface area contributed by atoms with Gasteiger partial charge < -0.3 is 18.3 Å². The zero-order valence-corrected chi connectivity index (χ0v) is 32.2. The first kappa shape index (κ1) is 32.9. The van der Waals surface area contributed by atoms with Crippen LogP contribution in [0.3, 0.4) is 0 Å². The van der Waals surface area contributed by atoms with Crippen LogP contribution in [0.5, 0.6) is 0 Å². The Hall–Kier alpha value is -8.15. The molecular weight excluding hydrogens is 735 g/mol. The standard InChI is InChI=1S/C55H33N3O2/c1-2-12-35(13-3-1)58-48-19-9-5-14-39(48)46-32-37(27-31-49(46)58)57(38-26-28-42-40-15-6-10-20-50(40)59-52(42)33-38)36-24-22-34(23-25-36)54-45-30-29-43-41-16-7-11-21-51(41)60-55(43)53(45)44-17-4-8-18-47(44)56-54/h1-33H. The molecule has 0 aliphatic carbocycles. The van der Waals surface area contributed by atoms with Crippen molar-refractivity contribution in [2.24, 2.45) is 0 Å². The first-order valence-corrected chi connectivity index (χ1v) is 20.3. The Morgan fingerprint density at radius 3 is 1.80 bits per heavy atom. The molecule has 13 rings (SSSR count). The number of hydrogen-bond acceptors (Lipinski definition) is 4. The van der Waals surface area contributed by atoms with Crippen LogP contribution in [0, 0.1) is 0 Å². The topological polar surface area (TPSA) is 47.3 Å². The van der Waals surface area contributed by atoms with Crippen LogP contribution in [0.4, 0.5) is 17.1 Å². The highest BCUT2D eigenvalue weighted by atomic mass is 16.3. The van der Waals surface area contributed by atoms with E-state index in [0.29, 0.717) is 0 Å². The van der Waals surface area contributed by atoms with Crippen LogP contribution in [0.2, 0.25) is 0 Å². The summed E-state index contributed by atoms with van der Waals surface area (Å²) in [6.07, 6.45) is 0. The SMILES string of the molecule is c1ccc(-n2c3ccccc3c3cc(N(c4ccc(-c5nc6ccccc6c6c5ccc5c7ccccc7oc56)cc4)c4ccc5c(c4)oc4ccccc45)ccc32)cc1. The highest BCUT2D eigenvalue weighted by molar-refractivity contribution is 6.24. The lowest BCUT2D eigenvalue weighted by Gasteiger charge is -2.26. The molecule has 60 heavy (non-hydrogen) atoms. The quantitative estimate of drug-likeness (QED) is 0.164. The molecule has 280 valence electrons. The predicted octanol–water partition coefficient (Wildman–Crippen LogP) is 15.4. The number of furan rings is 2. The van der Waals surface area contributed by atoms with Crippen LogP contribution >= 0.6 is 0 Å². The first-order chi connectivity index (χ1) is 29.7. The predicted molar refractivity (Wildman–Crippen MR) is 248 cm³/mol. The maximum Gasteiger partial charge on any atom is 0.144 e. The summed E-state index contributed by atoms with van der Waals surface area (Å²) in [5, 5.41) is 10.0. The van der Waals surface area contributed by atoms with Crippen molar-refractivity contribution in [2.75, 3.05) is 4.90 Å². The molecule has 0 saturated heterocycles. The van der Waals surface area contributed by atoms with E-state index < -0.39 is 0 Å². The highest BCUT2D eigenvalue weighted by Gasteiger charge is 2.21. The number of hydrogen-bond donors (Lipinski definition) is 0. The van der Waals surface area contributed by atoms with E-state index in [2.05, 4.69) is 185 Å². The average molecular weight is 768 g/mol. The molecule has 13 aromatic rings. The molecule has 0 N–H and O–H groups in total. The molecule has 5 nitrogen and oxygen atoms in total. The molecule has 0 saturated carbocycles. The van der Waals surface area contributed by atoms with E-state index in [4.69, 9.17) is 13.8 Å². The van der Waals surface area contributed by atoms with Crippen LogP contribution in [0.15, 0.2) is 209 Å². The summed E-state index contributed by atoms with van der Waals surface area (Å²) in [7, 11) is 0. The second kappa shape index (κ2) is 12.7. The molecule has 5 heteroatoms. The maximum absolute atomic E-state index is 6.60. The maximum atomic E-state index is 6.60. The van der Waals surface area contributed by atoms with Gasteiger partial charge in [0.05, 0.1) is 22.2 Å². The minimum absolute atomic E-state index is 0.848. The third kappa shape index (κ3) is 4.84. The van der Waals surface area contributed by atoms with Crippen LogP contribution in [0.25, 0.3) is 104 Å². The van der Waals surface area contributed by atoms with Gasteiger partial charge in [0, 0.05) is 82.9 Å². The van der Waals surface area contributed by atoms with Gasteiger partial charge >= 0.3 is 0 Å². The molecule has 0 radical (unpaired) electrons. The number of para-hydroxylation sites is 5. The molecule has 0 spiro atoms. The summed E-state index contributed by atoms with van der Waals surface area (Å²) in [5.41, 5.74) is 12.9. The van der Waals surface area contributed by atoms with Gasteiger partial charge in [-0.2, -0.15) is 0 Å². The van der Waals surface area contributed by atoms with Crippen molar-refractivity contribution >= 4 is 104 Å². The molecule has 4 heterocycles. The fourth-order valence-electron chi connectivity index (χ4n) is 9.46. The van der Waals surface area contributed by atoms with Crippen molar-refractivity contribution in [3.8, 4) is 16.9 Å². The second-order valence-corrected chi connectivity index (χ2v) is 15.5. The van der Waals surface area contributed by atoms with Crippen LogP contribution in [0.1, 0.15) is 0 Å². The second-order valence-electron chi connectivity index (χ2n) is 15.5. The van der Waals surface area contributed by atoms with Gasteiger partial charge in [-0.25, -0.2) is 4.98 Å². The minimum Gasteiger partial charge on any atom is -0.456 e. The van der Waals surface area contributed by atoms with Crippen molar-refractivity contribution in [3.63, 3.8) is 0 Å². The summed E-state index contributed by atoms with van der Waals surface area (Å²) in [5.74, 6) is 0. The largest absolute Gasteiger partial charge is 0.456 e. The molecule has 9 aromatic carbocycles. The lowest BCUT2D eigenvalue weighted by atomic mass is 9.97. The Bertz CT molecular complexity index is 3840. The van der Waals surface area contributed by atoms with E-state index in [0.717, 1.165) is 105 Å². The summed E-state index contributed by atoms with van der Waals surface area (Å²) < 4.78 is 15.4. The van der Waals surface area contributed by atoms with Gasteiger partial charge in [0.1, 0.15) is 22.3 Å². The molecule has 0 atom stereocenters. The van der Waals surface area contributed by atoms with Gasteiger partial charge in [0.2, 0.25) is 0 Å². The van der Waals surface area contributed by atoms with Crippen LogP contribution in [-0.2, 0) is 0 Å². The molecule has 4 aromatic heterocycles. The Morgan fingerprint density at radius 2 is 0.967 bits per heavy atom. The number of benzene rings is 9. The number of anilines is 3. The third-order valence-electron chi connectivity index (χ3n) is 12.2. The van der Waals surface area contributed by atoms with Gasteiger partial charge in [0.25, 0.3) is 0 Å². The fourth-order valence-corrected chi connectivity index (χ4v) is 9.46. The monoisotopic (exact) mass is 767 g/mol. The molecule has 0 fully saturated rings. The lowest BCUT2D eigenvalue weighted by Crippen LogP contribution is -2.10. The smallest absolute Gasteiger partial charge is 0.144 e.